The molecule has 2 saturated carbocycles. The van der Waals surface area contributed by atoms with Gasteiger partial charge in [0.1, 0.15) is 0 Å². The number of halogens is 10. The molecule has 2 N–H and O–H groups in total. The molecular formula is C47H66F10N2O19. The Labute approximate surface area is 441 Å². The summed E-state index contributed by atoms with van der Waals surface area (Å²) in [5.41, 5.74) is 0. The lowest BCUT2D eigenvalue weighted by Gasteiger charge is -2.32. The molecule has 0 heterocycles. The Morgan fingerprint density at radius 2 is 0.987 bits per heavy atom. The summed E-state index contributed by atoms with van der Waals surface area (Å²) in [7, 11) is 0. The minimum atomic E-state index is -6.77. The van der Waals surface area contributed by atoms with Gasteiger partial charge in [-0.2, -0.15) is 35.1 Å². The molecule has 2 fully saturated rings. The number of esters is 6. The summed E-state index contributed by atoms with van der Waals surface area (Å²) >= 11 is 0. The number of nitrogens with one attached hydrogen (secondary N) is 2. The summed E-state index contributed by atoms with van der Waals surface area (Å²) in [5, 5.41) is 4.57. The van der Waals surface area contributed by atoms with Gasteiger partial charge in [-0.15, -0.1) is 8.78 Å². The van der Waals surface area contributed by atoms with E-state index in [0.29, 0.717) is 63.4 Å². The Morgan fingerprint density at radius 1 is 0.513 bits per heavy atom. The number of carbonyl (C=O) groups excluding carboxylic acids is 8. The van der Waals surface area contributed by atoms with E-state index in [9.17, 15) is 82.3 Å². The summed E-state index contributed by atoms with van der Waals surface area (Å²) < 4.78 is 180. The number of alkyl halides is 10. The van der Waals surface area contributed by atoms with E-state index in [-0.39, 0.29) is 45.1 Å². The molecular weight excluding hydrogens is 1090 g/mol. The molecule has 0 aliphatic heterocycles. The summed E-state index contributed by atoms with van der Waals surface area (Å²) in [6.07, 6.45) is -21.9. The van der Waals surface area contributed by atoms with E-state index >= 15 is 0 Å². The number of hydrogen-bond donors (Lipinski definition) is 2. The molecule has 448 valence electrons. The monoisotopic (exact) mass is 1150 g/mol. The third-order valence-electron chi connectivity index (χ3n) is 10.7. The van der Waals surface area contributed by atoms with Crippen molar-refractivity contribution in [3.63, 3.8) is 0 Å². The number of rotatable bonds is 34. The Hall–Kier alpha value is -5.98. The Bertz CT molecular complexity index is 1930. The van der Waals surface area contributed by atoms with Crippen molar-refractivity contribution in [3.8, 4) is 0 Å². The molecule has 31 heteroatoms. The lowest BCUT2D eigenvalue weighted by Crippen LogP contribution is -2.54. The Morgan fingerprint density at radius 3 is 1.50 bits per heavy atom. The van der Waals surface area contributed by atoms with Gasteiger partial charge in [0.25, 0.3) is 0 Å². The van der Waals surface area contributed by atoms with Crippen LogP contribution in [-0.2, 0) is 80.9 Å². The van der Waals surface area contributed by atoms with Crippen molar-refractivity contribution in [3.05, 3.63) is 25.3 Å². The van der Waals surface area contributed by atoms with Crippen LogP contribution in [0.4, 0.5) is 53.5 Å². The van der Waals surface area contributed by atoms with Crippen molar-refractivity contribution in [1.82, 2.24) is 10.6 Å². The first-order valence-electron chi connectivity index (χ1n) is 24.5. The second-order valence-electron chi connectivity index (χ2n) is 17.4. The summed E-state index contributed by atoms with van der Waals surface area (Å²) in [6, 6.07) is -1.45. The maximum absolute atomic E-state index is 13.9. The highest BCUT2D eigenvalue weighted by atomic mass is 19.3. The van der Waals surface area contributed by atoms with Crippen molar-refractivity contribution >= 4 is 48.0 Å². The molecule has 0 aromatic carbocycles. The summed E-state index contributed by atoms with van der Waals surface area (Å²) in [5.74, 6) is -2.74. The first-order chi connectivity index (χ1) is 36.4. The molecule has 4 atom stereocenters. The van der Waals surface area contributed by atoms with Gasteiger partial charge < -0.3 is 48.5 Å². The molecule has 2 amide bonds. The van der Waals surface area contributed by atoms with Crippen molar-refractivity contribution in [1.29, 1.82) is 0 Å². The zero-order chi connectivity index (χ0) is 59.0. The fourth-order valence-electron chi connectivity index (χ4n) is 7.05. The van der Waals surface area contributed by atoms with Crippen LogP contribution in [0.15, 0.2) is 25.3 Å². The highest BCUT2D eigenvalue weighted by Crippen LogP contribution is 2.44. The van der Waals surface area contributed by atoms with E-state index in [1.807, 2.05) is 0 Å². The predicted molar refractivity (Wildman–Crippen MR) is 242 cm³/mol. The third-order valence-corrected chi connectivity index (χ3v) is 10.7. The van der Waals surface area contributed by atoms with Gasteiger partial charge in [0.05, 0.1) is 13.2 Å². The first-order valence-corrected chi connectivity index (χ1v) is 24.5. The molecule has 0 spiro atoms. The van der Waals surface area contributed by atoms with Crippen molar-refractivity contribution in [2.45, 2.75) is 172 Å². The number of alkyl carbamates (subject to hydrolysis) is 2. The van der Waals surface area contributed by atoms with Gasteiger partial charge in [-0.25, -0.2) is 33.4 Å². The van der Waals surface area contributed by atoms with Crippen LogP contribution in [0.25, 0.3) is 0 Å². The molecule has 0 bridgehead atoms. The zero-order valence-electron chi connectivity index (χ0n) is 42.9. The lowest BCUT2D eigenvalue weighted by atomic mass is 9.81. The molecule has 2 aliphatic rings. The van der Waals surface area contributed by atoms with E-state index in [2.05, 4.69) is 68.6 Å². The second kappa shape index (κ2) is 35.5. The SMILES string of the molecule is C=CC(=O)OCOC(=O)CCCCCOC(=O)CC1CCCC(C)C1.C=CC(=O)OCOC(=O)CCCCCOC(=O)NC1CCCC(NC(=O)OCC(F)(F)OC(F)(F)C(F)(F)OC(F)(F)OC(F)(F)COC(=O)CC)C1. The molecule has 2 rings (SSSR count). The lowest BCUT2D eigenvalue weighted by molar-refractivity contribution is -0.566. The number of hydrogen-bond acceptors (Lipinski definition) is 19. The molecule has 0 aromatic heterocycles. The Balaban J connectivity index is 0.00000101. The fraction of sp³-hybridized carbons (Fsp3) is 0.745. The van der Waals surface area contributed by atoms with E-state index in [1.165, 1.54) is 12.8 Å². The molecule has 0 saturated heterocycles. The van der Waals surface area contributed by atoms with E-state index in [0.717, 1.165) is 44.8 Å². The normalized spacial score (nSPS) is 17.8. The molecule has 4 unspecified atom stereocenters. The number of carbonyl (C=O) groups is 8. The highest BCUT2D eigenvalue weighted by molar-refractivity contribution is 5.81. The second-order valence-corrected chi connectivity index (χ2v) is 17.4. The zero-order valence-corrected chi connectivity index (χ0v) is 42.9. The molecule has 2 aliphatic carbocycles. The fourth-order valence-corrected chi connectivity index (χ4v) is 7.05. The highest BCUT2D eigenvalue weighted by Gasteiger charge is 2.69. The van der Waals surface area contributed by atoms with Crippen molar-refractivity contribution < 1.29 is 134 Å². The standard InChI is InChI=1S/C28H36F10N2O13.C19H30O6/c1-3-19(41)47-14-25(31,32)52-28(37,38)53-27(35,36)26(33,34)51-24(29,30)15-48-23(45)40-18-10-8-9-17(13-18)39-22(44)46-12-7-5-6-11-21(43)50-16-49-20(42)4-2;1-3-17(20)24-14-25-18(21)10-5-4-6-11-23-19(22)13-16-9-7-8-15(2)12-16/h4,17-18H,2-3,5-16H2,1H3,(H,39,44)(H,40,45);3,15-16H,1,4-14H2,2H3. The van der Waals surface area contributed by atoms with Crippen LogP contribution >= 0.6 is 0 Å². The third kappa shape index (κ3) is 32.7. The van der Waals surface area contributed by atoms with Crippen LogP contribution < -0.4 is 10.6 Å². The maximum Gasteiger partial charge on any atom is 0.495 e. The van der Waals surface area contributed by atoms with Gasteiger partial charge in [-0.1, -0.05) is 39.8 Å². The minimum absolute atomic E-state index is 0.000682. The maximum atomic E-state index is 13.9. The first kappa shape index (κ1) is 70.0. The van der Waals surface area contributed by atoms with E-state index in [4.69, 9.17) is 14.2 Å². The molecule has 78 heavy (non-hydrogen) atoms. The van der Waals surface area contributed by atoms with Crippen LogP contribution in [0.2, 0.25) is 0 Å². The minimum Gasteiger partial charge on any atom is -0.466 e. The average molecular weight is 1150 g/mol. The Kier molecular flexibility index (Phi) is 31.9. The van der Waals surface area contributed by atoms with Gasteiger partial charge in [0.15, 0.2) is 13.2 Å². The topological polar surface area (TPSA) is 262 Å². The van der Waals surface area contributed by atoms with Crippen LogP contribution in [-0.4, -0.2) is 131 Å². The van der Waals surface area contributed by atoms with Gasteiger partial charge in [0, 0.05) is 49.9 Å². The molecule has 21 nitrogen and oxygen atoms in total. The van der Waals surface area contributed by atoms with Gasteiger partial charge in [0.2, 0.25) is 13.6 Å². The largest absolute Gasteiger partial charge is 0.495 e. The quantitative estimate of drug-likeness (QED) is 0.0152. The number of amides is 2. The smallest absolute Gasteiger partial charge is 0.466 e. The van der Waals surface area contributed by atoms with Crippen molar-refractivity contribution in [2.24, 2.45) is 11.8 Å². The van der Waals surface area contributed by atoms with Crippen LogP contribution in [0.5, 0.6) is 0 Å². The van der Waals surface area contributed by atoms with Gasteiger partial charge >= 0.3 is 78.7 Å². The van der Waals surface area contributed by atoms with Gasteiger partial charge in [-0.05, 0) is 88.9 Å². The predicted octanol–water partition coefficient (Wildman–Crippen LogP) is 9.00. The summed E-state index contributed by atoms with van der Waals surface area (Å²) in [6.45, 7) is 4.37. The van der Waals surface area contributed by atoms with Crippen LogP contribution in [0.3, 0.4) is 0 Å². The van der Waals surface area contributed by atoms with Crippen molar-refractivity contribution in [2.75, 3.05) is 40.0 Å². The molecule has 0 aromatic rings. The van der Waals surface area contributed by atoms with Crippen LogP contribution in [0.1, 0.15) is 129 Å². The molecule has 0 radical (unpaired) electrons. The van der Waals surface area contributed by atoms with E-state index in [1.54, 1.807) is 0 Å². The average Bonchev–Trinajstić information content (AvgIpc) is 3.33. The summed E-state index contributed by atoms with van der Waals surface area (Å²) in [4.78, 5) is 91.2. The van der Waals surface area contributed by atoms with Crippen LogP contribution in [0, 0.1) is 11.8 Å². The number of ether oxygens (including phenoxy) is 11. The van der Waals surface area contributed by atoms with E-state index < -0.39 is 111 Å². The number of unbranched alkanes of at least 4 members (excludes halogenated alkanes) is 4. The van der Waals surface area contributed by atoms with Gasteiger partial charge in [-0.3, -0.25) is 19.2 Å².